The van der Waals surface area contributed by atoms with Gasteiger partial charge in [0.1, 0.15) is 5.78 Å². The summed E-state index contributed by atoms with van der Waals surface area (Å²) in [5, 5.41) is 0.393. The van der Waals surface area contributed by atoms with Crippen LogP contribution in [-0.4, -0.2) is 16.4 Å². The lowest BCUT2D eigenvalue weighted by Crippen LogP contribution is -2.52. The zero-order valence-electron chi connectivity index (χ0n) is 14.3. The molecule has 0 N–H and O–H groups in total. The Labute approximate surface area is 157 Å². The number of hydrogen-bond acceptors (Lipinski definition) is 2. The van der Waals surface area contributed by atoms with Crippen molar-refractivity contribution in [2.45, 2.75) is 57.2 Å². The maximum absolute atomic E-state index is 12.5. The van der Waals surface area contributed by atoms with Crippen molar-refractivity contribution in [1.82, 2.24) is 0 Å². The van der Waals surface area contributed by atoms with Crippen LogP contribution in [0.5, 0.6) is 0 Å². The second-order valence-corrected chi connectivity index (χ2v) is 10.2. The van der Waals surface area contributed by atoms with E-state index in [-0.39, 0.29) is 21.4 Å². The molecule has 0 radical (unpaired) electrons. The van der Waals surface area contributed by atoms with E-state index in [1.165, 1.54) is 0 Å². The summed E-state index contributed by atoms with van der Waals surface area (Å²) in [4.78, 5) is 24.7. The molecular weight excluding hydrogens is 388 g/mol. The number of ketones is 2. The molecule has 0 aromatic heterocycles. The number of halogens is 2. The Balaban J connectivity index is 1.81. The third kappa shape index (κ3) is 2.00. The van der Waals surface area contributed by atoms with Gasteiger partial charge in [-0.2, -0.15) is 0 Å². The molecule has 6 atom stereocenters. The van der Waals surface area contributed by atoms with E-state index in [2.05, 4.69) is 36.4 Å². The van der Waals surface area contributed by atoms with E-state index >= 15 is 0 Å². The molecule has 0 aliphatic heterocycles. The van der Waals surface area contributed by atoms with Crippen LogP contribution < -0.4 is 0 Å². The lowest BCUT2D eigenvalue weighted by Gasteiger charge is -2.58. The zero-order chi connectivity index (χ0) is 17.4. The predicted octanol–water partition coefficient (Wildman–Crippen LogP) is 5.19. The molecule has 3 saturated carbocycles. The van der Waals surface area contributed by atoms with E-state index in [0.717, 1.165) is 49.7 Å². The number of fused-ring (bicyclic) bond motifs is 5. The second-order valence-electron chi connectivity index (χ2n) is 8.74. The number of alkyl halides is 1. The lowest BCUT2D eigenvalue weighted by atomic mass is 9.46. The molecule has 1 unspecified atom stereocenters. The van der Waals surface area contributed by atoms with Crippen LogP contribution in [0.4, 0.5) is 0 Å². The van der Waals surface area contributed by atoms with Crippen molar-refractivity contribution in [3.8, 4) is 0 Å². The highest BCUT2D eigenvalue weighted by molar-refractivity contribution is 9.10. The number of carbonyl (C=O) groups is 2. The van der Waals surface area contributed by atoms with E-state index in [1.54, 1.807) is 0 Å². The summed E-state index contributed by atoms with van der Waals surface area (Å²) in [6.07, 6.45) is 5.45. The quantitative estimate of drug-likeness (QED) is 0.514. The fourth-order valence-corrected chi connectivity index (χ4v) is 8.01. The largest absolute Gasteiger partial charge is 0.299 e. The molecule has 0 heterocycles. The summed E-state index contributed by atoms with van der Waals surface area (Å²) in [6.45, 7) is 8.76. The van der Waals surface area contributed by atoms with E-state index < -0.39 is 0 Å². The standard InChI is InChI=1S/C20H24BrClO2/c1-10-8-11-12-4-5-15(23)19(12,2)7-6-13(11)20(3)9-14(21)18(24)17(22)16(10)20/h11-14H,1,4-9H2,2-3H3/t11-,12-,13+,14?,19-,20+/m0/s1. The van der Waals surface area contributed by atoms with E-state index in [9.17, 15) is 9.59 Å². The summed E-state index contributed by atoms with van der Waals surface area (Å²) in [5.74, 6) is 1.90. The summed E-state index contributed by atoms with van der Waals surface area (Å²) in [5.41, 5.74) is 1.80. The monoisotopic (exact) mass is 410 g/mol. The Hall–Kier alpha value is -0.410. The first-order valence-corrected chi connectivity index (χ1v) is 10.3. The number of hydrogen-bond donors (Lipinski definition) is 0. The van der Waals surface area contributed by atoms with Crippen LogP contribution >= 0.6 is 27.5 Å². The first-order valence-electron chi connectivity index (χ1n) is 9.00. The molecule has 4 heteroatoms. The molecule has 2 nitrogen and oxygen atoms in total. The zero-order valence-corrected chi connectivity index (χ0v) is 16.7. The third-order valence-electron chi connectivity index (χ3n) is 7.69. The molecule has 130 valence electrons. The fourth-order valence-electron chi connectivity index (χ4n) is 6.50. The van der Waals surface area contributed by atoms with Crippen molar-refractivity contribution in [3.63, 3.8) is 0 Å². The van der Waals surface area contributed by atoms with Gasteiger partial charge in [-0.15, -0.1) is 0 Å². The topological polar surface area (TPSA) is 34.1 Å². The highest BCUT2D eigenvalue weighted by Gasteiger charge is 2.61. The molecule has 0 aromatic carbocycles. The molecule has 0 saturated heterocycles. The van der Waals surface area contributed by atoms with Crippen molar-refractivity contribution < 1.29 is 9.59 Å². The van der Waals surface area contributed by atoms with Gasteiger partial charge in [-0.1, -0.05) is 48.0 Å². The van der Waals surface area contributed by atoms with Gasteiger partial charge < -0.3 is 0 Å². The highest BCUT2D eigenvalue weighted by Crippen LogP contribution is 2.66. The van der Waals surface area contributed by atoms with Crippen LogP contribution in [0.3, 0.4) is 0 Å². The minimum Gasteiger partial charge on any atom is -0.299 e. The molecule has 0 bridgehead atoms. The molecule has 0 amide bonds. The number of Topliss-reactive ketones (excluding diaryl/α,β-unsaturated/α-hetero) is 2. The van der Waals surface area contributed by atoms with Crippen LogP contribution in [0.25, 0.3) is 0 Å². The normalized spacial score (nSPS) is 48.2. The first-order chi connectivity index (χ1) is 11.2. The van der Waals surface area contributed by atoms with Crippen LogP contribution in [0.15, 0.2) is 22.8 Å². The van der Waals surface area contributed by atoms with Crippen LogP contribution in [0.1, 0.15) is 52.4 Å². The third-order valence-corrected chi connectivity index (χ3v) is 8.81. The SMILES string of the molecule is C=C1C[C@@H]2[C@@H](CC[C@]3(C)C(=O)CC[C@@H]23)[C@@]2(C)CC(Br)C(=O)C(Cl)=C12. The van der Waals surface area contributed by atoms with Crippen LogP contribution in [-0.2, 0) is 9.59 Å². The summed E-state index contributed by atoms with van der Waals surface area (Å²) < 4.78 is 0. The van der Waals surface area contributed by atoms with Gasteiger partial charge in [-0.05, 0) is 66.4 Å². The molecule has 24 heavy (non-hydrogen) atoms. The number of carbonyl (C=O) groups excluding carboxylic acids is 2. The van der Waals surface area contributed by atoms with Crippen molar-refractivity contribution in [2.75, 3.05) is 0 Å². The molecular formula is C20H24BrClO2. The van der Waals surface area contributed by atoms with Gasteiger partial charge >= 0.3 is 0 Å². The molecule has 4 aliphatic rings. The lowest BCUT2D eigenvalue weighted by molar-refractivity contribution is -0.131. The Kier molecular flexibility index (Phi) is 3.76. The maximum Gasteiger partial charge on any atom is 0.188 e. The smallest absolute Gasteiger partial charge is 0.188 e. The van der Waals surface area contributed by atoms with Gasteiger partial charge in [0.15, 0.2) is 5.78 Å². The van der Waals surface area contributed by atoms with Gasteiger partial charge in [0.05, 0.1) is 9.86 Å². The average molecular weight is 412 g/mol. The van der Waals surface area contributed by atoms with Crippen LogP contribution in [0.2, 0.25) is 0 Å². The Morgan fingerprint density at radius 2 is 1.83 bits per heavy atom. The van der Waals surface area contributed by atoms with Crippen LogP contribution in [0, 0.1) is 28.6 Å². The van der Waals surface area contributed by atoms with Crippen molar-refractivity contribution in [1.29, 1.82) is 0 Å². The summed E-state index contributed by atoms with van der Waals surface area (Å²) in [6, 6.07) is 0. The van der Waals surface area contributed by atoms with E-state index in [4.69, 9.17) is 11.6 Å². The molecule has 4 rings (SSSR count). The predicted molar refractivity (Wildman–Crippen MR) is 99.1 cm³/mol. The first kappa shape index (κ1) is 17.0. The molecule has 0 aromatic rings. The van der Waals surface area contributed by atoms with E-state index in [1.807, 2.05) is 0 Å². The second kappa shape index (κ2) is 5.30. The molecule has 3 fully saturated rings. The Morgan fingerprint density at radius 3 is 2.54 bits per heavy atom. The minimum atomic E-state index is -0.205. The van der Waals surface area contributed by atoms with Gasteiger partial charge in [-0.25, -0.2) is 0 Å². The fraction of sp³-hybridized carbons (Fsp3) is 0.700. The average Bonchev–Trinajstić information content (AvgIpc) is 2.80. The Bertz CT molecular complexity index is 696. The van der Waals surface area contributed by atoms with Gasteiger partial charge in [0.2, 0.25) is 0 Å². The van der Waals surface area contributed by atoms with Crippen molar-refractivity contribution in [3.05, 3.63) is 22.8 Å². The Morgan fingerprint density at radius 1 is 1.17 bits per heavy atom. The van der Waals surface area contributed by atoms with Crippen molar-refractivity contribution in [2.24, 2.45) is 28.6 Å². The van der Waals surface area contributed by atoms with Gasteiger partial charge in [0, 0.05) is 11.8 Å². The number of rotatable bonds is 0. The van der Waals surface area contributed by atoms with Gasteiger partial charge in [0.25, 0.3) is 0 Å². The minimum absolute atomic E-state index is 0.000401. The molecule has 4 aliphatic carbocycles. The van der Waals surface area contributed by atoms with Gasteiger partial charge in [-0.3, -0.25) is 9.59 Å². The van der Waals surface area contributed by atoms with E-state index in [0.29, 0.717) is 28.6 Å². The summed E-state index contributed by atoms with van der Waals surface area (Å²) >= 11 is 10.1. The number of allylic oxidation sites excluding steroid dienone is 2. The van der Waals surface area contributed by atoms with Crippen molar-refractivity contribution >= 4 is 39.1 Å². The summed E-state index contributed by atoms with van der Waals surface area (Å²) in [7, 11) is 0. The maximum atomic E-state index is 12.5. The highest BCUT2D eigenvalue weighted by atomic mass is 79.9. The molecule has 0 spiro atoms.